The number of amides is 1. The first kappa shape index (κ1) is 15.2. The lowest BCUT2D eigenvalue weighted by Gasteiger charge is -2.23. The van der Waals surface area contributed by atoms with E-state index in [4.69, 9.17) is 5.11 Å². The summed E-state index contributed by atoms with van der Waals surface area (Å²) >= 11 is 0. The van der Waals surface area contributed by atoms with Crippen LogP contribution in [0.5, 0.6) is 0 Å². The molecule has 1 N–H and O–H groups in total. The van der Waals surface area contributed by atoms with E-state index in [1.54, 1.807) is 29.2 Å². The van der Waals surface area contributed by atoms with Crippen molar-refractivity contribution in [2.24, 2.45) is 0 Å². The molecule has 1 saturated heterocycles. The molecule has 0 spiro atoms. The van der Waals surface area contributed by atoms with Gasteiger partial charge in [0, 0.05) is 31.0 Å². The van der Waals surface area contributed by atoms with Crippen LogP contribution in [-0.2, 0) is 9.59 Å². The monoisotopic (exact) mass is 289 g/mol. The van der Waals surface area contributed by atoms with Crippen LogP contribution in [0.25, 0.3) is 0 Å². The Bertz CT molecular complexity index is 526. The van der Waals surface area contributed by atoms with Gasteiger partial charge >= 0.3 is 5.97 Å². The van der Waals surface area contributed by atoms with Gasteiger partial charge in [0.15, 0.2) is 5.78 Å². The number of hydrogen-bond acceptors (Lipinski definition) is 3. The minimum Gasteiger partial charge on any atom is -0.481 e. The normalized spacial score (nSPS) is 17.7. The Morgan fingerprint density at radius 2 is 1.86 bits per heavy atom. The highest BCUT2D eigenvalue weighted by molar-refractivity contribution is 5.97. The lowest BCUT2D eigenvalue weighted by atomic mass is 10.1. The van der Waals surface area contributed by atoms with Gasteiger partial charge in [0.25, 0.3) is 0 Å². The fourth-order valence-corrected chi connectivity index (χ4v) is 2.71. The second-order valence-corrected chi connectivity index (χ2v) is 5.27. The van der Waals surface area contributed by atoms with Crippen molar-refractivity contribution in [3.63, 3.8) is 0 Å². The van der Waals surface area contributed by atoms with E-state index < -0.39 is 5.97 Å². The fourth-order valence-electron chi connectivity index (χ4n) is 2.71. The SMILES string of the molecule is O=C(O)CC1CCCN1C(=O)CCC(=O)c1ccccc1. The molecule has 1 amide bonds. The van der Waals surface area contributed by atoms with Gasteiger partial charge in [-0.15, -0.1) is 0 Å². The first-order chi connectivity index (χ1) is 10.1. The van der Waals surface area contributed by atoms with Crippen molar-refractivity contribution in [2.75, 3.05) is 6.54 Å². The lowest BCUT2D eigenvalue weighted by Crippen LogP contribution is -2.36. The van der Waals surface area contributed by atoms with Crippen LogP contribution in [-0.4, -0.2) is 40.3 Å². The molecule has 1 unspecified atom stereocenters. The number of benzene rings is 1. The molecule has 0 radical (unpaired) electrons. The van der Waals surface area contributed by atoms with Gasteiger partial charge < -0.3 is 10.0 Å². The molecule has 0 bridgehead atoms. The third-order valence-electron chi connectivity index (χ3n) is 3.77. The summed E-state index contributed by atoms with van der Waals surface area (Å²) in [5, 5.41) is 8.85. The summed E-state index contributed by atoms with van der Waals surface area (Å²) in [6.45, 7) is 0.594. The molecule has 0 saturated carbocycles. The second-order valence-electron chi connectivity index (χ2n) is 5.27. The smallest absolute Gasteiger partial charge is 0.305 e. The molecular weight excluding hydrogens is 270 g/mol. The van der Waals surface area contributed by atoms with Crippen molar-refractivity contribution in [3.8, 4) is 0 Å². The molecule has 1 aliphatic heterocycles. The molecule has 2 rings (SSSR count). The van der Waals surface area contributed by atoms with Crippen molar-refractivity contribution in [3.05, 3.63) is 35.9 Å². The van der Waals surface area contributed by atoms with Crippen molar-refractivity contribution in [1.29, 1.82) is 0 Å². The van der Waals surface area contributed by atoms with Crippen LogP contribution in [0.3, 0.4) is 0 Å². The van der Waals surface area contributed by atoms with E-state index in [0.717, 1.165) is 12.8 Å². The van der Waals surface area contributed by atoms with Crippen LogP contribution in [0.2, 0.25) is 0 Å². The molecular formula is C16H19NO4. The first-order valence-corrected chi connectivity index (χ1v) is 7.17. The van der Waals surface area contributed by atoms with E-state index >= 15 is 0 Å². The van der Waals surface area contributed by atoms with Gasteiger partial charge in [0.1, 0.15) is 0 Å². The summed E-state index contributed by atoms with van der Waals surface area (Å²) < 4.78 is 0. The van der Waals surface area contributed by atoms with E-state index in [-0.39, 0.29) is 37.0 Å². The number of carboxylic acids is 1. The van der Waals surface area contributed by atoms with Crippen LogP contribution in [0.4, 0.5) is 0 Å². The topological polar surface area (TPSA) is 74.7 Å². The van der Waals surface area contributed by atoms with Crippen LogP contribution in [0, 0.1) is 0 Å². The average Bonchev–Trinajstić information content (AvgIpc) is 2.92. The summed E-state index contributed by atoms with van der Waals surface area (Å²) in [6.07, 6.45) is 1.85. The van der Waals surface area contributed by atoms with Crippen LogP contribution >= 0.6 is 0 Å². The van der Waals surface area contributed by atoms with Crippen LogP contribution in [0.15, 0.2) is 30.3 Å². The number of likely N-dealkylation sites (tertiary alicyclic amines) is 1. The lowest BCUT2D eigenvalue weighted by molar-refractivity contribution is -0.139. The fraction of sp³-hybridized carbons (Fsp3) is 0.438. The number of ketones is 1. The van der Waals surface area contributed by atoms with E-state index in [0.29, 0.717) is 12.1 Å². The highest BCUT2D eigenvalue weighted by atomic mass is 16.4. The zero-order valence-electron chi connectivity index (χ0n) is 11.8. The summed E-state index contributed by atoms with van der Waals surface area (Å²) in [4.78, 5) is 36.5. The van der Waals surface area contributed by atoms with Gasteiger partial charge in [-0.3, -0.25) is 14.4 Å². The van der Waals surface area contributed by atoms with Crippen molar-refractivity contribution in [2.45, 2.75) is 38.1 Å². The zero-order valence-corrected chi connectivity index (χ0v) is 11.8. The van der Waals surface area contributed by atoms with Gasteiger partial charge in [0.05, 0.1) is 6.42 Å². The van der Waals surface area contributed by atoms with Gasteiger partial charge in [-0.1, -0.05) is 30.3 Å². The largest absolute Gasteiger partial charge is 0.481 e. The average molecular weight is 289 g/mol. The van der Waals surface area contributed by atoms with E-state index in [9.17, 15) is 14.4 Å². The minimum atomic E-state index is -0.889. The number of aliphatic carboxylic acids is 1. The molecule has 5 heteroatoms. The Morgan fingerprint density at radius 3 is 2.52 bits per heavy atom. The van der Waals surface area contributed by atoms with Crippen molar-refractivity contribution < 1.29 is 19.5 Å². The van der Waals surface area contributed by atoms with Crippen molar-refractivity contribution in [1.82, 2.24) is 4.90 Å². The summed E-state index contributed by atoms with van der Waals surface area (Å²) in [7, 11) is 0. The molecule has 21 heavy (non-hydrogen) atoms. The maximum Gasteiger partial charge on any atom is 0.305 e. The number of nitrogens with zero attached hydrogens (tertiary/aromatic N) is 1. The zero-order chi connectivity index (χ0) is 15.2. The maximum absolute atomic E-state index is 12.2. The maximum atomic E-state index is 12.2. The Hall–Kier alpha value is -2.17. The Balaban J connectivity index is 1.87. The molecule has 1 atom stereocenters. The third kappa shape index (κ3) is 4.15. The van der Waals surface area contributed by atoms with E-state index in [1.165, 1.54) is 0 Å². The summed E-state index contributed by atoms with van der Waals surface area (Å²) in [6, 6.07) is 8.66. The number of rotatable bonds is 6. The molecule has 112 valence electrons. The number of carbonyl (C=O) groups excluding carboxylic acids is 2. The predicted octanol–water partition coefficient (Wildman–Crippen LogP) is 2.12. The Labute approximate surface area is 123 Å². The minimum absolute atomic E-state index is 0.0155. The molecule has 1 aromatic carbocycles. The first-order valence-electron chi connectivity index (χ1n) is 7.17. The van der Waals surface area contributed by atoms with Gasteiger partial charge in [-0.2, -0.15) is 0 Å². The van der Waals surface area contributed by atoms with Crippen molar-refractivity contribution >= 4 is 17.7 Å². The molecule has 1 heterocycles. The van der Waals surface area contributed by atoms with Gasteiger partial charge in [-0.25, -0.2) is 0 Å². The molecule has 0 aliphatic carbocycles. The highest BCUT2D eigenvalue weighted by Crippen LogP contribution is 2.21. The number of hydrogen-bond donors (Lipinski definition) is 1. The van der Waals surface area contributed by atoms with Gasteiger partial charge in [0.2, 0.25) is 5.91 Å². The number of carboxylic acid groups (broad SMARTS) is 1. The Kier molecular flexibility index (Phi) is 5.09. The molecule has 1 aliphatic rings. The predicted molar refractivity (Wildman–Crippen MR) is 77.0 cm³/mol. The van der Waals surface area contributed by atoms with Crippen LogP contribution < -0.4 is 0 Å². The molecule has 1 aromatic rings. The second kappa shape index (κ2) is 7.02. The quantitative estimate of drug-likeness (QED) is 0.814. The third-order valence-corrected chi connectivity index (χ3v) is 3.77. The summed E-state index contributed by atoms with van der Waals surface area (Å²) in [5.41, 5.74) is 0.605. The number of carbonyl (C=O) groups is 3. The molecule has 5 nitrogen and oxygen atoms in total. The van der Waals surface area contributed by atoms with E-state index in [2.05, 4.69) is 0 Å². The Morgan fingerprint density at radius 1 is 1.14 bits per heavy atom. The standard InChI is InChI=1S/C16H19NO4/c18-14(12-5-2-1-3-6-12)8-9-15(19)17-10-4-7-13(17)11-16(20)21/h1-3,5-6,13H,4,7-11H2,(H,20,21). The molecule has 1 fully saturated rings. The molecule has 0 aromatic heterocycles. The number of Topliss-reactive ketones (excluding diaryl/α,β-unsaturated/α-hetero) is 1. The van der Waals surface area contributed by atoms with E-state index in [1.807, 2.05) is 6.07 Å². The van der Waals surface area contributed by atoms with Gasteiger partial charge in [-0.05, 0) is 12.8 Å². The summed E-state index contributed by atoms with van der Waals surface area (Å²) in [5.74, 6) is -1.07. The highest BCUT2D eigenvalue weighted by Gasteiger charge is 2.30. The van der Waals surface area contributed by atoms with Crippen LogP contribution in [0.1, 0.15) is 42.5 Å².